The molecule has 0 saturated heterocycles. The number of aromatic nitrogens is 5. The number of hydrogen-bond donors (Lipinski definition) is 1. The molecule has 1 N–H and O–H groups in total. The summed E-state index contributed by atoms with van der Waals surface area (Å²) < 4.78 is 3.18. The Morgan fingerprint density at radius 1 is 1.00 bits per heavy atom. The molecule has 25 heavy (non-hydrogen) atoms. The van der Waals surface area contributed by atoms with Crippen LogP contribution in [0, 0.1) is 0 Å². The van der Waals surface area contributed by atoms with Gasteiger partial charge in [0.1, 0.15) is 0 Å². The van der Waals surface area contributed by atoms with Gasteiger partial charge < -0.3 is 0 Å². The zero-order valence-electron chi connectivity index (χ0n) is 13.7. The van der Waals surface area contributed by atoms with Gasteiger partial charge in [-0.1, -0.05) is 47.7 Å². The maximum absolute atomic E-state index is 11.5. The fraction of sp³-hybridized carbons (Fsp3) is 0.222. The van der Waals surface area contributed by atoms with Crippen molar-refractivity contribution >= 4 is 0 Å². The molecule has 0 bridgehead atoms. The number of rotatable bonds is 7. The second kappa shape index (κ2) is 8.05. The number of aryl methyl sites for hydroxylation is 2. The Hall–Kier alpha value is -3.22. The van der Waals surface area contributed by atoms with Gasteiger partial charge in [-0.2, -0.15) is 0 Å². The van der Waals surface area contributed by atoms with Crippen molar-refractivity contribution in [2.45, 2.75) is 25.9 Å². The van der Waals surface area contributed by atoms with Crippen LogP contribution in [-0.2, 0) is 25.9 Å². The van der Waals surface area contributed by atoms with Crippen LogP contribution >= 0.6 is 0 Å². The first kappa shape index (κ1) is 16.6. The lowest BCUT2D eigenvalue weighted by Gasteiger charge is -1.99. The van der Waals surface area contributed by atoms with Crippen molar-refractivity contribution in [3.8, 4) is 0 Å². The monoisotopic (exact) mass is 337 g/mol. The molecular formula is C18H19N5O2. The van der Waals surface area contributed by atoms with E-state index in [1.807, 2.05) is 36.5 Å². The fourth-order valence-electron chi connectivity index (χ4n) is 2.42. The zero-order valence-corrected chi connectivity index (χ0v) is 13.7. The molecule has 2 heterocycles. The van der Waals surface area contributed by atoms with Crippen molar-refractivity contribution in [3.05, 3.63) is 93.0 Å². The summed E-state index contributed by atoms with van der Waals surface area (Å²) in [7, 11) is 0. The van der Waals surface area contributed by atoms with Gasteiger partial charge in [0, 0.05) is 25.0 Å². The minimum atomic E-state index is -0.416. The Balaban J connectivity index is 1.49. The van der Waals surface area contributed by atoms with Crippen molar-refractivity contribution in [2.75, 3.05) is 0 Å². The molecule has 128 valence electrons. The van der Waals surface area contributed by atoms with Gasteiger partial charge in [-0.05, 0) is 18.4 Å². The van der Waals surface area contributed by atoms with E-state index in [1.165, 1.54) is 22.4 Å². The first-order valence-electron chi connectivity index (χ1n) is 8.08. The molecule has 1 aromatic carbocycles. The Kier molecular flexibility index (Phi) is 5.36. The van der Waals surface area contributed by atoms with Crippen molar-refractivity contribution in [1.82, 2.24) is 24.5 Å². The molecule has 0 aliphatic heterocycles. The van der Waals surface area contributed by atoms with Crippen LogP contribution < -0.4 is 11.2 Å². The van der Waals surface area contributed by atoms with Crippen molar-refractivity contribution in [2.24, 2.45) is 0 Å². The Bertz CT molecular complexity index is 953. The SMILES string of the molecule is O=c1ccn(C/C=C\Cn2cc(CCc3ccccc3)nn2)c(=O)[nH]1. The van der Waals surface area contributed by atoms with Crippen molar-refractivity contribution in [1.29, 1.82) is 0 Å². The maximum Gasteiger partial charge on any atom is 0.328 e. The molecule has 0 atom stereocenters. The van der Waals surface area contributed by atoms with Crippen molar-refractivity contribution in [3.63, 3.8) is 0 Å². The number of aromatic amines is 1. The molecule has 0 saturated carbocycles. The molecule has 0 radical (unpaired) electrons. The number of H-pyrrole nitrogens is 1. The minimum Gasteiger partial charge on any atom is -0.297 e. The van der Waals surface area contributed by atoms with Gasteiger partial charge in [-0.25, -0.2) is 9.48 Å². The predicted molar refractivity (Wildman–Crippen MR) is 94.3 cm³/mol. The second-order valence-electron chi connectivity index (χ2n) is 5.65. The first-order valence-corrected chi connectivity index (χ1v) is 8.08. The summed E-state index contributed by atoms with van der Waals surface area (Å²) in [6.45, 7) is 0.974. The summed E-state index contributed by atoms with van der Waals surface area (Å²) >= 11 is 0. The fourth-order valence-corrected chi connectivity index (χ4v) is 2.42. The molecule has 7 heteroatoms. The van der Waals surface area contributed by atoms with E-state index in [1.54, 1.807) is 4.68 Å². The third-order valence-corrected chi connectivity index (χ3v) is 3.76. The predicted octanol–water partition coefficient (Wildman–Crippen LogP) is 1.17. The van der Waals surface area contributed by atoms with Crippen LogP contribution in [-0.4, -0.2) is 24.5 Å². The van der Waals surface area contributed by atoms with Gasteiger partial charge in [0.15, 0.2) is 0 Å². The summed E-state index contributed by atoms with van der Waals surface area (Å²) in [6.07, 6.45) is 8.95. The molecule has 0 unspecified atom stereocenters. The number of nitrogens with zero attached hydrogens (tertiary/aromatic N) is 4. The summed E-state index contributed by atoms with van der Waals surface area (Å²) in [5, 5.41) is 8.28. The zero-order chi connectivity index (χ0) is 17.5. The normalized spacial score (nSPS) is 11.2. The number of allylic oxidation sites excluding steroid dienone is 2. The number of hydrogen-bond acceptors (Lipinski definition) is 4. The van der Waals surface area contributed by atoms with Gasteiger partial charge >= 0.3 is 5.69 Å². The van der Waals surface area contributed by atoms with Crippen molar-refractivity contribution < 1.29 is 0 Å². The van der Waals surface area contributed by atoms with Crippen LogP contribution in [0.4, 0.5) is 0 Å². The highest BCUT2D eigenvalue weighted by molar-refractivity contribution is 5.15. The Labute approximate surface area is 144 Å². The summed E-state index contributed by atoms with van der Waals surface area (Å²) in [5.74, 6) is 0. The average molecular weight is 337 g/mol. The molecular weight excluding hydrogens is 318 g/mol. The van der Waals surface area contributed by atoms with E-state index in [4.69, 9.17) is 0 Å². The molecule has 2 aromatic heterocycles. The van der Waals surface area contributed by atoms with E-state index >= 15 is 0 Å². The lowest BCUT2D eigenvalue weighted by molar-refractivity contribution is 0.656. The highest BCUT2D eigenvalue weighted by Gasteiger charge is 2.00. The quantitative estimate of drug-likeness (QED) is 0.656. The molecule has 0 fully saturated rings. The van der Waals surface area contributed by atoms with E-state index in [-0.39, 0.29) is 0 Å². The molecule has 7 nitrogen and oxygen atoms in total. The maximum atomic E-state index is 11.5. The standard InChI is InChI=1S/C18H19N5O2/c24-17-10-13-22(18(25)19-17)11-4-5-12-23-14-16(20-21-23)9-8-15-6-2-1-3-7-15/h1-7,10,13-14H,8-9,11-12H2,(H,19,24,25)/b5-4-. The van der Waals surface area contributed by atoms with Gasteiger partial charge in [0.05, 0.1) is 12.2 Å². The molecule has 3 aromatic rings. The molecule has 0 aliphatic carbocycles. The van der Waals surface area contributed by atoms with E-state index in [0.29, 0.717) is 13.1 Å². The molecule has 0 amide bonds. The number of nitrogens with one attached hydrogen (secondary N) is 1. The Morgan fingerprint density at radius 2 is 1.80 bits per heavy atom. The van der Waals surface area contributed by atoms with Gasteiger partial charge in [-0.15, -0.1) is 5.10 Å². The second-order valence-corrected chi connectivity index (χ2v) is 5.65. The smallest absolute Gasteiger partial charge is 0.297 e. The van der Waals surface area contributed by atoms with Crippen LogP contribution in [0.2, 0.25) is 0 Å². The first-order chi connectivity index (χ1) is 12.2. The topological polar surface area (TPSA) is 85.6 Å². The van der Waals surface area contributed by atoms with E-state index in [2.05, 4.69) is 27.4 Å². The molecule has 0 aliphatic rings. The van der Waals surface area contributed by atoms with E-state index < -0.39 is 11.2 Å². The molecule has 3 rings (SSSR count). The lowest BCUT2D eigenvalue weighted by Crippen LogP contribution is -2.28. The Morgan fingerprint density at radius 3 is 2.60 bits per heavy atom. The van der Waals surface area contributed by atoms with E-state index in [0.717, 1.165) is 18.5 Å². The highest BCUT2D eigenvalue weighted by atomic mass is 16.2. The third-order valence-electron chi connectivity index (χ3n) is 3.76. The average Bonchev–Trinajstić information content (AvgIpc) is 3.07. The van der Waals surface area contributed by atoms with E-state index in [9.17, 15) is 9.59 Å². The molecule has 0 spiro atoms. The summed E-state index contributed by atoms with van der Waals surface area (Å²) in [5.41, 5.74) is 1.43. The lowest BCUT2D eigenvalue weighted by atomic mass is 10.1. The third kappa shape index (κ3) is 4.87. The van der Waals surface area contributed by atoms with Gasteiger partial charge in [-0.3, -0.25) is 14.3 Å². The number of benzene rings is 1. The van der Waals surface area contributed by atoms with Crippen LogP contribution in [0.1, 0.15) is 11.3 Å². The summed E-state index contributed by atoms with van der Waals surface area (Å²) in [6, 6.07) is 11.6. The van der Waals surface area contributed by atoms with Gasteiger partial charge in [0.2, 0.25) is 0 Å². The largest absolute Gasteiger partial charge is 0.328 e. The summed E-state index contributed by atoms with van der Waals surface area (Å²) in [4.78, 5) is 24.8. The van der Waals surface area contributed by atoms with Crippen LogP contribution in [0.3, 0.4) is 0 Å². The van der Waals surface area contributed by atoms with Crippen LogP contribution in [0.15, 0.2) is 70.5 Å². The van der Waals surface area contributed by atoms with Gasteiger partial charge in [0.25, 0.3) is 5.56 Å². The minimum absolute atomic E-state index is 0.393. The van der Waals surface area contributed by atoms with Crippen LogP contribution in [0.25, 0.3) is 0 Å². The highest BCUT2D eigenvalue weighted by Crippen LogP contribution is 2.04. The van der Waals surface area contributed by atoms with Crippen LogP contribution in [0.5, 0.6) is 0 Å².